The van der Waals surface area contributed by atoms with E-state index in [-0.39, 0.29) is 5.43 Å². The van der Waals surface area contributed by atoms with Crippen LogP contribution in [0.15, 0.2) is 65.5 Å². The molecule has 0 spiro atoms. The first kappa shape index (κ1) is 14.5. The van der Waals surface area contributed by atoms with Crippen LogP contribution >= 0.6 is 0 Å². The summed E-state index contributed by atoms with van der Waals surface area (Å²) in [5.74, 6) is -0.435. The predicted octanol–water partition coefficient (Wildman–Crippen LogP) is 2.73. The summed E-state index contributed by atoms with van der Waals surface area (Å²) in [4.78, 5) is 25.1. The molecule has 2 aromatic carbocycles. The highest BCUT2D eigenvalue weighted by Gasteiger charge is 2.02. The average Bonchev–Trinajstić information content (AvgIpc) is 2.48. The number of hydrogen-bond acceptors (Lipinski definition) is 2. The highest BCUT2D eigenvalue weighted by atomic mass is 16.1. The summed E-state index contributed by atoms with van der Waals surface area (Å²) >= 11 is 0. The van der Waals surface area contributed by atoms with E-state index in [1.165, 1.54) is 0 Å². The summed E-state index contributed by atoms with van der Waals surface area (Å²) in [6, 6.07) is 15.1. The van der Waals surface area contributed by atoms with Gasteiger partial charge in [-0.25, -0.2) is 0 Å². The van der Waals surface area contributed by atoms with Crippen LogP contribution in [0.5, 0.6) is 0 Å². The van der Waals surface area contributed by atoms with Gasteiger partial charge in [0.15, 0.2) is 5.43 Å². The van der Waals surface area contributed by atoms with Gasteiger partial charge >= 0.3 is 0 Å². The van der Waals surface area contributed by atoms with Crippen molar-refractivity contribution < 1.29 is 4.79 Å². The first-order valence-corrected chi connectivity index (χ1v) is 6.46. The Labute approximate surface area is 121 Å². The molecule has 0 fully saturated rings. The summed E-state index contributed by atoms with van der Waals surface area (Å²) in [7, 11) is 0. The molecular weight excluding hydrogens is 264 g/mol. The van der Waals surface area contributed by atoms with E-state index >= 15 is 0 Å². The fraction of sp³-hybridized carbons (Fsp3) is 0.0588. The second kappa shape index (κ2) is 6.05. The number of nitrogens with one attached hydrogen (secondary N) is 1. The van der Waals surface area contributed by atoms with E-state index in [4.69, 9.17) is 5.73 Å². The number of hydrogen-bond donors (Lipinski definition) is 2. The van der Waals surface area contributed by atoms with E-state index in [1.807, 2.05) is 48.5 Å². The van der Waals surface area contributed by atoms with Crippen molar-refractivity contribution in [2.24, 2.45) is 5.73 Å². The van der Waals surface area contributed by atoms with Crippen molar-refractivity contribution in [2.45, 2.75) is 6.92 Å². The van der Waals surface area contributed by atoms with Crippen molar-refractivity contribution in [1.82, 2.24) is 4.98 Å². The topological polar surface area (TPSA) is 76.0 Å². The van der Waals surface area contributed by atoms with E-state index in [0.29, 0.717) is 5.57 Å². The van der Waals surface area contributed by atoms with Crippen LogP contribution in [-0.4, -0.2) is 10.9 Å². The smallest absolute Gasteiger partial charge is 0.243 e. The number of carbonyl (C=O) groups excluding carboxylic acids is 1. The van der Waals surface area contributed by atoms with Gasteiger partial charge in [-0.1, -0.05) is 30.8 Å². The Morgan fingerprint density at radius 2 is 1.38 bits per heavy atom. The zero-order valence-corrected chi connectivity index (χ0v) is 11.7. The third-order valence-corrected chi connectivity index (χ3v) is 3.03. The van der Waals surface area contributed by atoms with Crippen molar-refractivity contribution in [2.75, 3.05) is 0 Å². The molecule has 0 aliphatic heterocycles. The number of H-pyrrole nitrogens is 1. The maximum Gasteiger partial charge on any atom is 0.243 e. The van der Waals surface area contributed by atoms with Gasteiger partial charge in [0.1, 0.15) is 0 Å². The monoisotopic (exact) mass is 280 g/mol. The lowest BCUT2D eigenvalue weighted by molar-refractivity contribution is -0.114. The minimum absolute atomic E-state index is 0.0972. The fourth-order valence-corrected chi connectivity index (χ4v) is 1.87. The lowest BCUT2D eigenvalue weighted by Crippen LogP contribution is -2.10. The molecule has 3 N–H and O–H groups in total. The number of pyridine rings is 1. The number of aromatic nitrogens is 1. The molecule has 1 amide bonds. The van der Waals surface area contributed by atoms with Gasteiger partial charge in [0.05, 0.1) is 0 Å². The molecule has 0 aliphatic rings. The standard InChI is InChI=1S/C13H9NO.C4H7NO/c15-13-9-5-1-3-7-11(9)14-12-8-4-2-6-10(12)13;1-3(2)4(5)6/h1-8H,(H,14,15);1H2,2H3,(H2,5,6). The third kappa shape index (κ3) is 3.17. The third-order valence-electron chi connectivity index (χ3n) is 3.03. The number of rotatable bonds is 1. The summed E-state index contributed by atoms with van der Waals surface area (Å²) < 4.78 is 0. The van der Waals surface area contributed by atoms with Crippen molar-refractivity contribution in [1.29, 1.82) is 0 Å². The highest BCUT2D eigenvalue weighted by molar-refractivity contribution is 5.92. The zero-order valence-electron chi connectivity index (χ0n) is 11.7. The van der Waals surface area contributed by atoms with Crippen LogP contribution in [0.3, 0.4) is 0 Å². The van der Waals surface area contributed by atoms with Gasteiger partial charge in [-0.15, -0.1) is 0 Å². The van der Waals surface area contributed by atoms with E-state index < -0.39 is 5.91 Å². The van der Waals surface area contributed by atoms with Crippen LogP contribution in [0.4, 0.5) is 0 Å². The Bertz CT molecular complexity index is 809. The molecule has 21 heavy (non-hydrogen) atoms. The fourth-order valence-electron chi connectivity index (χ4n) is 1.87. The number of primary amides is 1. The molecule has 0 saturated heterocycles. The highest BCUT2D eigenvalue weighted by Crippen LogP contribution is 2.13. The van der Waals surface area contributed by atoms with Gasteiger partial charge in [0.25, 0.3) is 0 Å². The van der Waals surface area contributed by atoms with Crippen LogP contribution in [0.25, 0.3) is 21.8 Å². The number of fused-ring (bicyclic) bond motifs is 2. The average molecular weight is 280 g/mol. The van der Waals surface area contributed by atoms with Crippen molar-refractivity contribution in [3.63, 3.8) is 0 Å². The Kier molecular flexibility index (Phi) is 4.18. The molecule has 0 radical (unpaired) electrons. The molecule has 4 nitrogen and oxygen atoms in total. The van der Waals surface area contributed by atoms with Crippen molar-refractivity contribution >= 4 is 27.7 Å². The molecule has 0 saturated carbocycles. The zero-order chi connectivity index (χ0) is 15.4. The molecule has 106 valence electrons. The number of carbonyl (C=O) groups is 1. The lowest BCUT2D eigenvalue weighted by atomic mass is 10.1. The largest absolute Gasteiger partial charge is 0.366 e. The predicted molar refractivity (Wildman–Crippen MR) is 86.1 cm³/mol. The molecule has 1 aromatic heterocycles. The van der Waals surface area contributed by atoms with E-state index in [9.17, 15) is 9.59 Å². The van der Waals surface area contributed by atoms with E-state index in [0.717, 1.165) is 21.8 Å². The summed E-state index contributed by atoms with van der Waals surface area (Å²) in [5, 5.41) is 1.49. The van der Waals surface area contributed by atoms with Crippen LogP contribution in [-0.2, 0) is 4.79 Å². The van der Waals surface area contributed by atoms with Gasteiger partial charge in [0, 0.05) is 27.4 Å². The van der Waals surface area contributed by atoms with Gasteiger partial charge in [-0.3, -0.25) is 9.59 Å². The molecule has 4 heteroatoms. The minimum atomic E-state index is -0.435. The number of aromatic amines is 1. The molecule has 3 rings (SSSR count). The Morgan fingerprint density at radius 1 is 1.00 bits per heavy atom. The van der Waals surface area contributed by atoms with Crippen molar-refractivity contribution in [3.8, 4) is 0 Å². The van der Waals surface area contributed by atoms with Crippen LogP contribution in [0.2, 0.25) is 0 Å². The van der Waals surface area contributed by atoms with Gasteiger partial charge in [-0.2, -0.15) is 0 Å². The Morgan fingerprint density at radius 3 is 1.76 bits per heavy atom. The van der Waals surface area contributed by atoms with E-state index in [1.54, 1.807) is 6.92 Å². The van der Waals surface area contributed by atoms with E-state index in [2.05, 4.69) is 11.6 Å². The number of nitrogens with two attached hydrogens (primary N) is 1. The molecule has 0 aliphatic carbocycles. The minimum Gasteiger partial charge on any atom is -0.366 e. The van der Waals surface area contributed by atoms with Gasteiger partial charge < -0.3 is 10.7 Å². The molecule has 3 aromatic rings. The van der Waals surface area contributed by atoms with Gasteiger partial charge in [0.2, 0.25) is 5.91 Å². The molecule has 0 unspecified atom stereocenters. The summed E-state index contributed by atoms with van der Waals surface area (Å²) in [5.41, 5.74) is 6.97. The molecule has 0 atom stereocenters. The second-order valence-electron chi connectivity index (χ2n) is 4.69. The van der Waals surface area contributed by atoms with Gasteiger partial charge in [-0.05, 0) is 31.2 Å². The second-order valence-corrected chi connectivity index (χ2v) is 4.69. The number of benzene rings is 2. The molecule has 1 heterocycles. The number of para-hydroxylation sites is 2. The molecular formula is C17H16N2O2. The first-order valence-electron chi connectivity index (χ1n) is 6.46. The maximum atomic E-state index is 12.1. The van der Waals surface area contributed by atoms with Crippen LogP contribution in [0, 0.1) is 0 Å². The van der Waals surface area contributed by atoms with Crippen LogP contribution < -0.4 is 11.2 Å². The van der Waals surface area contributed by atoms with Crippen LogP contribution in [0.1, 0.15) is 6.92 Å². The summed E-state index contributed by atoms with van der Waals surface area (Å²) in [6.45, 7) is 4.85. The molecule has 0 bridgehead atoms. The summed E-state index contributed by atoms with van der Waals surface area (Å²) in [6.07, 6.45) is 0. The Hall–Kier alpha value is -2.88. The number of amides is 1. The quantitative estimate of drug-likeness (QED) is 0.531. The maximum absolute atomic E-state index is 12.1. The normalized spacial score (nSPS) is 9.95. The SMILES string of the molecule is C=C(C)C(N)=O.O=c1c2ccccc2[nH]c2ccccc12. The Balaban J connectivity index is 0.000000232. The lowest BCUT2D eigenvalue weighted by Gasteiger charge is -2.01. The van der Waals surface area contributed by atoms with Crippen molar-refractivity contribution in [3.05, 3.63) is 70.9 Å². The first-order chi connectivity index (χ1) is 10.0.